The van der Waals surface area contributed by atoms with Crippen LogP contribution in [0.2, 0.25) is 0 Å². The maximum absolute atomic E-state index is 13.6. The van der Waals surface area contributed by atoms with Gasteiger partial charge in [0, 0.05) is 11.1 Å². The van der Waals surface area contributed by atoms with Crippen LogP contribution >= 0.6 is 0 Å². The molecular formula is C25H18O9. The quantitative estimate of drug-likeness (QED) is 0.453. The number of hydrogen-bond acceptors (Lipinski definition) is 9. The molecule has 0 amide bonds. The van der Waals surface area contributed by atoms with Crippen LogP contribution in [0.3, 0.4) is 0 Å². The number of carbonyl (C=O) groups is 4. The Kier molecular flexibility index (Phi) is 5.62. The van der Waals surface area contributed by atoms with E-state index < -0.39 is 52.2 Å². The standard InChI is InChI=1S/C25H18O9/c1-32-16(27)10-12-9-13-19(22(29)18(12)25(31)34-3)23(30)20-14(21(13)28)8-11-6-4-5-7-15(26)17(11)24(20)33-2/h4-9,29H,10H2,1-3H3. The molecule has 9 nitrogen and oxygen atoms in total. The molecule has 0 heterocycles. The number of methoxy groups -OCH3 is 3. The Hall–Kier alpha value is -4.53. The number of fused-ring (bicyclic) bond motifs is 3. The SMILES string of the molecule is COC(=O)Cc1cc2c(c(O)c1C(=O)OC)C(=O)c1c(cc3ccccc(=O)c3c1OC)C2=O. The number of carbonyl (C=O) groups excluding carboxylic acids is 4. The van der Waals surface area contributed by atoms with Crippen molar-refractivity contribution < 1.29 is 38.5 Å². The van der Waals surface area contributed by atoms with Crippen LogP contribution in [-0.2, 0) is 20.7 Å². The van der Waals surface area contributed by atoms with Crippen LogP contribution in [0.4, 0.5) is 0 Å². The zero-order valence-corrected chi connectivity index (χ0v) is 18.4. The fourth-order valence-electron chi connectivity index (χ4n) is 4.16. The molecule has 0 radical (unpaired) electrons. The zero-order chi connectivity index (χ0) is 24.7. The van der Waals surface area contributed by atoms with E-state index in [0.29, 0.717) is 5.39 Å². The average molecular weight is 462 g/mol. The minimum absolute atomic E-state index is 0.0401. The molecule has 9 heteroatoms. The molecule has 0 unspecified atom stereocenters. The van der Waals surface area contributed by atoms with Gasteiger partial charge in [-0.1, -0.05) is 18.2 Å². The summed E-state index contributed by atoms with van der Waals surface area (Å²) in [6.45, 7) is 0. The summed E-state index contributed by atoms with van der Waals surface area (Å²) >= 11 is 0. The first-order chi connectivity index (χ1) is 16.2. The molecule has 0 fully saturated rings. The fourth-order valence-corrected chi connectivity index (χ4v) is 4.16. The Morgan fingerprint density at radius 3 is 2.21 bits per heavy atom. The molecule has 0 spiro atoms. The lowest BCUT2D eigenvalue weighted by Gasteiger charge is -2.23. The molecule has 0 atom stereocenters. The van der Waals surface area contributed by atoms with Crippen LogP contribution in [0.25, 0.3) is 10.8 Å². The minimum Gasteiger partial charge on any atom is -0.506 e. The first-order valence-electron chi connectivity index (χ1n) is 10.0. The second-order valence-electron chi connectivity index (χ2n) is 7.46. The van der Waals surface area contributed by atoms with E-state index in [9.17, 15) is 29.1 Å². The molecule has 0 aliphatic heterocycles. The maximum Gasteiger partial charge on any atom is 0.341 e. The van der Waals surface area contributed by atoms with Crippen molar-refractivity contribution in [2.45, 2.75) is 6.42 Å². The lowest BCUT2D eigenvalue weighted by Crippen LogP contribution is -2.25. The Labute approximate surface area is 192 Å². The third-order valence-electron chi connectivity index (χ3n) is 5.67. The predicted molar refractivity (Wildman–Crippen MR) is 119 cm³/mol. The van der Waals surface area contributed by atoms with Crippen molar-refractivity contribution in [3.8, 4) is 11.5 Å². The first kappa shape index (κ1) is 22.7. The van der Waals surface area contributed by atoms with Gasteiger partial charge in [0.15, 0.2) is 11.2 Å². The summed E-state index contributed by atoms with van der Waals surface area (Å²) in [6, 6.07) is 8.64. The van der Waals surface area contributed by atoms with Gasteiger partial charge in [-0.25, -0.2) is 4.79 Å². The van der Waals surface area contributed by atoms with E-state index in [-0.39, 0.29) is 33.4 Å². The number of aromatic hydroxyl groups is 1. The summed E-state index contributed by atoms with van der Waals surface area (Å²) in [5.41, 5.74) is -1.81. The van der Waals surface area contributed by atoms with E-state index in [4.69, 9.17) is 9.47 Å². The van der Waals surface area contributed by atoms with Gasteiger partial charge in [-0.15, -0.1) is 0 Å². The molecule has 0 bridgehead atoms. The number of hydrogen-bond donors (Lipinski definition) is 1. The summed E-state index contributed by atoms with van der Waals surface area (Å²) < 4.78 is 14.8. The van der Waals surface area contributed by atoms with Crippen molar-refractivity contribution in [2.75, 3.05) is 21.3 Å². The first-order valence-corrected chi connectivity index (χ1v) is 10.0. The molecular weight excluding hydrogens is 444 g/mol. The smallest absolute Gasteiger partial charge is 0.341 e. The van der Waals surface area contributed by atoms with Crippen molar-refractivity contribution in [1.82, 2.24) is 0 Å². The van der Waals surface area contributed by atoms with Crippen LogP contribution in [0.5, 0.6) is 11.5 Å². The average Bonchev–Trinajstić information content (AvgIpc) is 3.01. The van der Waals surface area contributed by atoms with Crippen LogP contribution in [0.1, 0.15) is 47.8 Å². The fraction of sp³-hybridized carbons (Fsp3) is 0.160. The van der Waals surface area contributed by atoms with Gasteiger partial charge >= 0.3 is 11.9 Å². The lowest BCUT2D eigenvalue weighted by atomic mass is 9.79. The van der Waals surface area contributed by atoms with Gasteiger partial charge in [0.05, 0.1) is 44.3 Å². The van der Waals surface area contributed by atoms with Crippen LogP contribution in [0, 0.1) is 0 Å². The molecule has 0 saturated heterocycles. The Balaban J connectivity index is 2.10. The van der Waals surface area contributed by atoms with Gasteiger partial charge in [-0.2, -0.15) is 0 Å². The monoisotopic (exact) mass is 462 g/mol. The molecule has 3 aromatic carbocycles. The number of phenolic OH excluding ortho intramolecular Hbond substituents is 1. The van der Waals surface area contributed by atoms with Gasteiger partial charge in [0.1, 0.15) is 17.1 Å². The molecule has 4 rings (SSSR count). The van der Waals surface area contributed by atoms with Crippen molar-refractivity contribution in [3.63, 3.8) is 0 Å². The van der Waals surface area contributed by atoms with Crippen LogP contribution in [-0.4, -0.2) is 49.9 Å². The van der Waals surface area contributed by atoms with E-state index >= 15 is 0 Å². The Morgan fingerprint density at radius 2 is 1.56 bits per heavy atom. The number of esters is 2. The normalized spacial score (nSPS) is 12.1. The van der Waals surface area contributed by atoms with E-state index in [0.717, 1.165) is 14.2 Å². The van der Waals surface area contributed by atoms with Crippen molar-refractivity contribution in [1.29, 1.82) is 0 Å². The lowest BCUT2D eigenvalue weighted by molar-refractivity contribution is -0.139. The molecule has 34 heavy (non-hydrogen) atoms. The largest absolute Gasteiger partial charge is 0.506 e. The van der Waals surface area contributed by atoms with Gasteiger partial charge in [0.25, 0.3) is 0 Å². The van der Waals surface area contributed by atoms with Gasteiger partial charge in [0.2, 0.25) is 5.78 Å². The number of rotatable bonds is 4. The Morgan fingerprint density at radius 1 is 0.882 bits per heavy atom. The molecule has 3 aromatic rings. The third kappa shape index (κ3) is 3.29. The van der Waals surface area contributed by atoms with E-state index in [2.05, 4.69) is 4.74 Å². The van der Waals surface area contributed by atoms with Gasteiger partial charge in [-0.05, 0) is 29.1 Å². The highest BCUT2D eigenvalue weighted by Crippen LogP contribution is 2.42. The summed E-state index contributed by atoms with van der Waals surface area (Å²) in [5.74, 6) is -4.14. The summed E-state index contributed by atoms with van der Waals surface area (Å²) in [4.78, 5) is 64.1. The molecule has 0 aromatic heterocycles. The topological polar surface area (TPSA) is 133 Å². The predicted octanol–water partition coefficient (Wildman–Crippen LogP) is 2.19. The zero-order valence-electron chi connectivity index (χ0n) is 18.4. The molecule has 172 valence electrons. The van der Waals surface area contributed by atoms with E-state index in [1.807, 2.05) is 0 Å². The Bertz CT molecular complexity index is 1480. The number of phenols is 1. The molecule has 1 aliphatic carbocycles. The van der Waals surface area contributed by atoms with Gasteiger partial charge < -0.3 is 19.3 Å². The summed E-state index contributed by atoms with van der Waals surface area (Å²) in [7, 11) is 3.47. The van der Waals surface area contributed by atoms with Crippen LogP contribution < -0.4 is 10.2 Å². The second-order valence-corrected chi connectivity index (χ2v) is 7.46. The highest BCUT2D eigenvalue weighted by molar-refractivity contribution is 6.32. The number of ether oxygens (including phenoxy) is 3. The van der Waals surface area contributed by atoms with Crippen molar-refractivity contribution in [2.24, 2.45) is 0 Å². The maximum atomic E-state index is 13.6. The number of ketones is 2. The second kappa shape index (κ2) is 8.43. The van der Waals surface area contributed by atoms with E-state index in [1.165, 1.54) is 31.4 Å². The summed E-state index contributed by atoms with van der Waals surface area (Å²) in [6.07, 6.45) is -0.452. The number of benzene rings is 2. The molecule has 1 N–H and O–H groups in total. The summed E-state index contributed by atoms with van der Waals surface area (Å²) in [5, 5.41) is 11.4. The van der Waals surface area contributed by atoms with Crippen molar-refractivity contribution in [3.05, 3.63) is 80.0 Å². The highest BCUT2D eigenvalue weighted by atomic mass is 16.5. The van der Waals surface area contributed by atoms with E-state index in [1.54, 1.807) is 12.1 Å². The van der Waals surface area contributed by atoms with Crippen LogP contribution in [0.15, 0.2) is 41.2 Å². The van der Waals surface area contributed by atoms with Gasteiger partial charge in [-0.3, -0.25) is 19.2 Å². The third-order valence-corrected chi connectivity index (χ3v) is 5.67. The van der Waals surface area contributed by atoms with Crippen molar-refractivity contribution >= 4 is 34.3 Å². The minimum atomic E-state index is -1.01. The molecule has 1 aliphatic rings. The molecule has 0 saturated carbocycles. The highest BCUT2D eigenvalue weighted by Gasteiger charge is 2.39.